The Hall–Kier alpha value is -1.69. The SMILES string of the molecule is C#C/C(C(=C)C)=C(/O)C(C)(C)C.C=C(C)/C(Cl)=C(/C)C(C)O.C=C(C)C.CC. The molecule has 0 heterocycles. The number of rotatable bonds is 3. The van der Waals surface area contributed by atoms with E-state index < -0.39 is 6.10 Å². The second kappa shape index (κ2) is 17.4. The highest BCUT2D eigenvalue weighted by atomic mass is 35.5. The molecule has 2 nitrogen and oxygen atoms in total. The highest BCUT2D eigenvalue weighted by Crippen LogP contribution is 2.27. The van der Waals surface area contributed by atoms with Crippen LogP contribution < -0.4 is 0 Å². The predicted molar refractivity (Wildman–Crippen MR) is 130 cm³/mol. The van der Waals surface area contributed by atoms with Crippen LogP contribution in [0.5, 0.6) is 0 Å². The number of aliphatic hydroxyl groups is 2. The van der Waals surface area contributed by atoms with Crippen LogP contribution in [-0.2, 0) is 0 Å². The monoisotopic (exact) mass is 410 g/mol. The third-order valence-corrected chi connectivity index (χ3v) is 3.49. The normalized spacial score (nSPS) is 12.6. The van der Waals surface area contributed by atoms with Crippen molar-refractivity contribution in [1.82, 2.24) is 0 Å². The van der Waals surface area contributed by atoms with E-state index in [1.807, 2.05) is 55.4 Å². The van der Waals surface area contributed by atoms with E-state index in [2.05, 4.69) is 25.7 Å². The Bertz CT molecular complexity index is 599. The summed E-state index contributed by atoms with van der Waals surface area (Å²) in [7, 11) is 0. The average Bonchev–Trinajstić information content (AvgIpc) is 2.54. The lowest BCUT2D eigenvalue weighted by molar-refractivity contribution is 0.231. The summed E-state index contributed by atoms with van der Waals surface area (Å²) >= 11 is 5.78. The van der Waals surface area contributed by atoms with Crippen molar-refractivity contribution in [2.45, 2.75) is 82.3 Å². The molecule has 1 unspecified atom stereocenters. The summed E-state index contributed by atoms with van der Waals surface area (Å²) in [6.07, 6.45) is 4.76. The van der Waals surface area contributed by atoms with E-state index in [1.165, 1.54) is 5.57 Å². The number of allylic oxidation sites excluding steroid dienone is 6. The minimum Gasteiger partial charge on any atom is -0.510 e. The fourth-order valence-corrected chi connectivity index (χ4v) is 1.45. The molecule has 0 aromatic rings. The fourth-order valence-electron chi connectivity index (χ4n) is 1.29. The van der Waals surface area contributed by atoms with Gasteiger partial charge in [-0.2, -0.15) is 0 Å². The summed E-state index contributed by atoms with van der Waals surface area (Å²) < 4.78 is 0. The molecule has 0 radical (unpaired) electrons. The van der Waals surface area contributed by atoms with Gasteiger partial charge in [-0.05, 0) is 58.3 Å². The van der Waals surface area contributed by atoms with E-state index in [4.69, 9.17) is 23.1 Å². The molecule has 1 atom stereocenters. The van der Waals surface area contributed by atoms with Gasteiger partial charge in [0.1, 0.15) is 5.76 Å². The molecule has 0 saturated heterocycles. The Kier molecular flexibility index (Phi) is 21.1. The lowest BCUT2D eigenvalue weighted by atomic mass is 9.89. The molecule has 0 aliphatic heterocycles. The zero-order valence-electron chi connectivity index (χ0n) is 20.0. The Balaban J connectivity index is -0.000000162. The van der Waals surface area contributed by atoms with E-state index in [-0.39, 0.29) is 11.2 Å². The number of hydrogen-bond donors (Lipinski definition) is 2. The molecule has 0 amide bonds. The molecule has 3 heteroatoms. The lowest BCUT2D eigenvalue weighted by Crippen LogP contribution is -2.11. The number of terminal acetylenes is 1. The van der Waals surface area contributed by atoms with Crippen molar-refractivity contribution >= 4 is 11.6 Å². The van der Waals surface area contributed by atoms with Crippen molar-refractivity contribution in [2.24, 2.45) is 5.41 Å². The van der Waals surface area contributed by atoms with Crippen LogP contribution >= 0.6 is 11.6 Å². The van der Waals surface area contributed by atoms with Crippen LogP contribution in [0.1, 0.15) is 76.2 Å². The number of hydrogen-bond acceptors (Lipinski definition) is 2. The van der Waals surface area contributed by atoms with Gasteiger partial charge >= 0.3 is 0 Å². The first-order valence-corrected chi connectivity index (χ1v) is 9.76. The third-order valence-electron chi connectivity index (χ3n) is 2.87. The molecule has 0 aliphatic rings. The summed E-state index contributed by atoms with van der Waals surface area (Å²) in [5.74, 6) is 2.67. The summed E-state index contributed by atoms with van der Waals surface area (Å²) in [4.78, 5) is 0. The molecule has 0 aromatic carbocycles. The van der Waals surface area contributed by atoms with Crippen LogP contribution in [0.25, 0.3) is 0 Å². The van der Waals surface area contributed by atoms with Crippen LogP contribution in [0.4, 0.5) is 0 Å². The van der Waals surface area contributed by atoms with E-state index in [0.29, 0.717) is 10.6 Å². The van der Waals surface area contributed by atoms with Crippen LogP contribution in [0.2, 0.25) is 0 Å². The van der Waals surface area contributed by atoms with Crippen molar-refractivity contribution in [3.05, 3.63) is 58.4 Å². The molecule has 0 saturated carbocycles. The van der Waals surface area contributed by atoms with Crippen molar-refractivity contribution in [2.75, 3.05) is 0 Å². The van der Waals surface area contributed by atoms with Gasteiger partial charge in [0.15, 0.2) is 0 Å². The summed E-state index contributed by atoms with van der Waals surface area (Å²) in [6.45, 7) is 31.7. The smallest absolute Gasteiger partial charge is 0.113 e. The topological polar surface area (TPSA) is 40.5 Å². The highest BCUT2D eigenvalue weighted by Gasteiger charge is 2.19. The van der Waals surface area contributed by atoms with Gasteiger partial charge in [-0.1, -0.05) is 70.9 Å². The molecule has 0 fully saturated rings. The summed E-state index contributed by atoms with van der Waals surface area (Å²) in [5, 5.41) is 19.3. The van der Waals surface area contributed by atoms with Gasteiger partial charge in [0.05, 0.1) is 11.7 Å². The molecule has 28 heavy (non-hydrogen) atoms. The maximum Gasteiger partial charge on any atom is 0.113 e. The first-order chi connectivity index (χ1) is 12.5. The highest BCUT2D eigenvalue weighted by molar-refractivity contribution is 6.32. The maximum absolute atomic E-state index is 9.69. The molecule has 0 bridgehead atoms. The van der Waals surface area contributed by atoms with Gasteiger partial charge in [0.2, 0.25) is 0 Å². The van der Waals surface area contributed by atoms with E-state index in [0.717, 1.165) is 16.7 Å². The van der Waals surface area contributed by atoms with Crippen molar-refractivity contribution < 1.29 is 10.2 Å². The molecular weight excluding hydrogens is 368 g/mol. The Morgan fingerprint density at radius 1 is 0.964 bits per heavy atom. The second-order valence-electron chi connectivity index (χ2n) is 7.56. The first-order valence-electron chi connectivity index (χ1n) is 9.39. The van der Waals surface area contributed by atoms with Crippen molar-refractivity contribution in [1.29, 1.82) is 0 Å². The van der Waals surface area contributed by atoms with Crippen LogP contribution in [0.3, 0.4) is 0 Å². The quantitative estimate of drug-likeness (QED) is 0.213. The van der Waals surface area contributed by atoms with Gasteiger partial charge in [0.25, 0.3) is 0 Å². The zero-order chi connectivity index (χ0) is 23.8. The Morgan fingerprint density at radius 2 is 1.29 bits per heavy atom. The van der Waals surface area contributed by atoms with Gasteiger partial charge in [0, 0.05) is 10.4 Å². The molecule has 162 valence electrons. The molecule has 2 N–H and O–H groups in total. The van der Waals surface area contributed by atoms with E-state index in [1.54, 1.807) is 20.8 Å². The minimum atomic E-state index is -0.482. The fraction of sp³-hybridized carbons (Fsp3) is 0.520. The number of halogens is 1. The minimum absolute atomic E-state index is 0.234. The van der Waals surface area contributed by atoms with Crippen LogP contribution in [0, 0.1) is 17.8 Å². The maximum atomic E-state index is 9.69. The second-order valence-corrected chi connectivity index (χ2v) is 7.94. The summed E-state index contributed by atoms with van der Waals surface area (Å²) in [5.41, 5.74) is 3.67. The first kappa shape index (κ1) is 33.9. The van der Waals surface area contributed by atoms with Crippen LogP contribution in [-0.4, -0.2) is 16.3 Å². The van der Waals surface area contributed by atoms with Crippen molar-refractivity contribution in [3.8, 4) is 12.3 Å². The molecule has 0 aromatic heterocycles. The summed E-state index contributed by atoms with van der Waals surface area (Å²) in [6, 6.07) is 0. The average molecular weight is 411 g/mol. The Labute approximate surface area is 180 Å². The van der Waals surface area contributed by atoms with Crippen molar-refractivity contribution in [3.63, 3.8) is 0 Å². The molecule has 0 spiro atoms. The van der Waals surface area contributed by atoms with E-state index in [9.17, 15) is 5.11 Å². The standard InChI is InChI=1S/C11H16O.C8H13ClO.C4H8.C2H6/c1-7-9(8(2)3)10(12)11(4,5)6;1-5(2)8(9)6(3)7(4)10;1-4(2)3;1-2/h1,12H,2H2,3-6H3;7,10H,1H2,2-4H3;1H2,2-3H3;1-2H3/b10-9-;8-6+;;. The number of aliphatic hydroxyl groups excluding tert-OH is 2. The lowest BCUT2D eigenvalue weighted by Gasteiger charge is -2.19. The predicted octanol–water partition coefficient (Wildman–Crippen LogP) is 8.12. The molecule has 0 aliphatic carbocycles. The van der Waals surface area contributed by atoms with Crippen LogP contribution in [0.15, 0.2) is 58.4 Å². The Morgan fingerprint density at radius 3 is 1.36 bits per heavy atom. The van der Waals surface area contributed by atoms with E-state index >= 15 is 0 Å². The molecule has 0 rings (SSSR count). The van der Waals surface area contributed by atoms with Gasteiger partial charge in [-0.3, -0.25) is 0 Å². The zero-order valence-corrected chi connectivity index (χ0v) is 20.8. The third kappa shape index (κ3) is 19.1. The van der Waals surface area contributed by atoms with Gasteiger partial charge in [-0.15, -0.1) is 13.0 Å². The largest absolute Gasteiger partial charge is 0.510 e. The molecular formula is C25H43ClO2. The van der Waals surface area contributed by atoms with Gasteiger partial charge < -0.3 is 10.2 Å². The van der Waals surface area contributed by atoms with Gasteiger partial charge in [-0.25, -0.2) is 0 Å².